The number of nitrogens with zero attached hydrogens (tertiary/aromatic N) is 6. The second kappa shape index (κ2) is 8.31. The van der Waals surface area contributed by atoms with Gasteiger partial charge in [0.2, 0.25) is 0 Å². The van der Waals surface area contributed by atoms with Crippen molar-refractivity contribution in [3.05, 3.63) is 53.4 Å². The molecule has 2 aromatic heterocycles. The molecule has 0 N–H and O–H groups in total. The average molecular weight is 435 g/mol. The van der Waals surface area contributed by atoms with E-state index < -0.39 is 0 Å². The number of hydrogen-bond donors (Lipinski definition) is 0. The van der Waals surface area contributed by atoms with E-state index in [0.29, 0.717) is 55.5 Å². The summed E-state index contributed by atoms with van der Waals surface area (Å²) in [6.45, 7) is 4.73. The van der Waals surface area contributed by atoms with Crippen LogP contribution in [-0.4, -0.2) is 74.0 Å². The Labute approximate surface area is 186 Å². The molecule has 1 aromatic carbocycles. The van der Waals surface area contributed by atoms with E-state index in [-0.39, 0.29) is 17.9 Å². The Morgan fingerprint density at radius 2 is 1.91 bits per heavy atom. The average Bonchev–Trinajstić information content (AvgIpc) is 3.45. The Morgan fingerprint density at radius 3 is 2.69 bits per heavy atom. The van der Waals surface area contributed by atoms with Gasteiger partial charge in [-0.15, -0.1) is 0 Å². The Morgan fingerprint density at radius 1 is 1.09 bits per heavy atom. The fourth-order valence-corrected chi connectivity index (χ4v) is 4.51. The molecule has 32 heavy (non-hydrogen) atoms. The number of ether oxygens (including phenoxy) is 1. The maximum Gasteiger partial charge on any atom is 0.257 e. The first-order chi connectivity index (χ1) is 15.5. The summed E-state index contributed by atoms with van der Waals surface area (Å²) in [5.41, 5.74) is 3.54. The van der Waals surface area contributed by atoms with Gasteiger partial charge in [-0.05, 0) is 38.0 Å². The van der Waals surface area contributed by atoms with Crippen molar-refractivity contribution in [1.82, 2.24) is 29.3 Å². The second-order valence-electron chi connectivity index (χ2n) is 8.35. The molecule has 2 amide bonds. The molecule has 0 spiro atoms. The number of imidazole rings is 1. The standard InChI is InChI=1S/C23H26N6O3/c1-15-17(23(31)28-8-10-32-11-9-28)13-24-21(26-15)20-4-3-7-29(20)22(30)16-5-6-19-18(12-16)25-14-27(19)2/h5-6,12-14,20H,3-4,7-11H2,1-2H3. The van der Waals surface area contributed by atoms with Crippen LogP contribution in [0.5, 0.6) is 0 Å². The first-order valence-electron chi connectivity index (χ1n) is 11.0. The number of aromatic nitrogens is 4. The van der Waals surface area contributed by atoms with Gasteiger partial charge in [0.1, 0.15) is 0 Å². The van der Waals surface area contributed by atoms with Gasteiger partial charge in [0.25, 0.3) is 11.8 Å². The van der Waals surface area contributed by atoms with Crippen LogP contribution < -0.4 is 0 Å². The molecule has 1 unspecified atom stereocenters. The zero-order chi connectivity index (χ0) is 22.2. The number of amides is 2. The molecule has 166 valence electrons. The number of aryl methyl sites for hydroxylation is 2. The van der Waals surface area contributed by atoms with Crippen molar-refractivity contribution in [3.63, 3.8) is 0 Å². The molecule has 0 aliphatic carbocycles. The minimum atomic E-state index is -0.201. The lowest BCUT2D eigenvalue weighted by molar-refractivity contribution is 0.0301. The Hall–Kier alpha value is -3.33. The van der Waals surface area contributed by atoms with Crippen molar-refractivity contribution < 1.29 is 14.3 Å². The highest BCUT2D eigenvalue weighted by Gasteiger charge is 2.33. The minimum Gasteiger partial charge on any atom is -0.378 e. The van der Waals surface area contributed by atoms with E-state index in [1.54, 1.807) is 17.4 Å². The monoisotopic (exact) mass is 434 g/mol. The molecule has 0 saturated carbocycles. The summed E-state index contributed by atoms with van der Waals surface area (Å²) in [6, 6.07) is 5.40. The number of likely N-dealkylation sites (tertiary alicyclic amines) is 1. The van der Waals surface area contributed by atoms with Crippen LogP contribution in [0, 0.1) is 6.92 Å². The quantitative estimate of drug-likeness (QED) is 0.627. The Kier molecular flexibility index (Phi) is 5.34. The second-order valence-corrected chi connectivity index (χ2v) is 8.35. The van der Waals surface area contributed by atoms with Crippen LogP contribution in [0.3, 0.4) is 0 Å². The van der Waals surface area contributed by atoms with E-state index >= 15 is 0 Å². The summed E-state index contributed by atoms with van der Waals surface area (Å²) in [4.78, 5) is 43.3. The molecule has 0 bridgehead atoms. The van der Waals surface area contributed by atoms with Gasteiger partial charge in [-0.3, -0.25) is 9.59 Å². The summed E-state index contributed by atoms with van der Waals surface area (Å²) in [5, 5.41) is 0. The molecule has 5 rings (SSSR count). The number of carbonyl (C=O) groups is 2. The molecule has 4 heterocycles. The zero-order valence-electron chi connectivity index (χ0n) is 18.3. The maximum absolute atomic E-state index is 13.3. The molecule has 2 aliphatic heterocycles. The maximum atomic E-state index is 13.3. The van der Waals surface area contributed by atoms with Gasteiger partial charge in [-0.1, -0.05) is 0 Å². The van der Waals surface area contributed by atoms with Crippen LogP contribution in [0.1, 0.15) is 51.1 Å². The lowest BCUT2D eigenvalue weighted by Gasteiger charge is -2.27. The van der Waals surface area contributed by atoms with Crippen LogP contribution in [0.25, 0.3) is 11.0 Å². The van der Waals surface area contributed by atoms with Crippen molar-refractivity contribution in [1.29, 1.82) is 0 Å². The topological polar surface area (TPSA) is 93.5 Å². The SMILES string of the molecule is Cc1nc(C2CCCN2C(=O)c2ccc3c(c2)ncn3C)ncc1C(=O)N1CCOCC1. The predicted octanol–water partition coefficient (Wildman–Crippen LogP) is 2.12. The van der Waals surface area contributed by atoms with Crippen molar-refractivity contribution >= 4 is 22.8 Å². The van der Waals surface area contributed by atoms with Gasteiger partial charge in [0.15, 0.2) is 5.82 Å². The first-order valence-corrected chi connectivity index (χ1v) is 11.0. The van der Waals surface area contributed by atoms with Gasteiger partial charge >= 0.3 is 0 Å². The highest BCUT2D eigenvalue weighted by molar-refractivity contribution is 5.98. The van der Waals surface area contributed by atoms with Crippen LogP contribution in [0.15, 0.2) is 30.7 Å². The molecule has 2 saturated heterocycles. The molecule has 1 atom stereocenters. The summed E-state index contributed by atoms with van der Waals surface area (Å²) < 4.78 is 7.26. The number of hydrogen-bond acceptors (Lipinski definition) is 6. The van der Waals surface area contributed by atoms with E-state index in [4.69, 9.17) is 4.74 Å². The van der Waals surface area contributed by atoms with Gasteiger partial charge in [0, 0.05) is 38.4 Å². The Balaban J connectivity index is 1.38. The predicted molar refractivity (Wildman–Crippen MR) is 117 cm³/mol. The largest absolute Gasteiger partial charge is 0.378 e. The Bertz CT molecular complexity index is 1180. The highest BCUT2D eigenvalue weighted by Crippen LogP contribution is 2.32. The lowest BCUT2D eigenvalue weighted by atomic mass is 10.1. The molecular formula is C23H26N6O3. The number of rotatable bonds is 3. The van der Waals surface area contributed by atoms with Crippen LogP contribution in [-0.2, 0) is 11.8 Å². The fraction of sp³-hybridized carbons (Fsp3) is 0.435. The minimum absolute atomic E-state index is 0.0465. The van der Waals surface area contributed by atoms with Crippen molar-refractivity contribution in [2.24, 2.45) is 7.05 Å². The third-order valence-electron chi connectivity index (χ3n) is 6.31. The third-order valence-corrected chi connectivity index (χ3v) is 6.31. The fourth-order valence-electron chi connectivity index (χ4n) is 4.51. The van der Waals surface area contributed by atoms with E-state index in [1.165, 1.54) is 0 Å². The number of benzene rings is 1. The first kappa shape index (κ1) is 20.6. The lowest BCUT2D eigenvalue weighted by Crippen LogP contribution is -2.41. The van der Waals surface area contributed by atoms with Crippen LogP contribution in [0.4, 0.5) is 0 Å². The number of morpholine rings is 1. The summed E-state index contributed by atoms with van der Waals surface area (Å²) >= 11 is 0. The van der Waals surface area contributed by atoms with Gasteiger partial charge < -0.3 is 19.1 Å². The number of fused-ring (bicyclic) bond motifs is 1. The van der Waals surface area contributed by atoms with Crippen molar-refractivity contribution in [3.8, 4) is 0 Å². The van der Waals surface area contributed by atoms with Gasteiger partial charge in [-0.25, -0.2) is 15.0 Å². The molecular weight excluding hydrogens is 408 g/mol. The molecule has 3 aromatic rings. The van der Waals surface area contributed by atoms with E-state index in [2.05, 4.69) is 15.0 Å². The molecule has 2 aliphatic rings. The molecule has 0 radical (unpaired) electrons. The van der Waals surface area contributed by atoms with Crippen LogP contribution >= 0.6 is 0 Å². The van der Waals surface area contributed by atoms with Crippen molar-refractivity contribution in [2.75, 3.05) is 32.8 Å². The normalized spacial score (nSPS) is 19.0. The molecule has 9 nitrogen and oxygen atoms in total. The zero-order valence-corrected chi connectivity index (χ0v) is 18.3. The summed E-state index contributed by atoms with van der Waals surface area (Å²) in [5.74, 6) is 0.473. The van der Waals surface area contributed by atoms with E-state index in [1.807, 2.05) is 41.6 Å². The molecule has 9 heteroatoms. The van der Waals surface area contributed by atoms with Crippen molar-refractivity contribution in [2.45, 2.75) is 25.8 Å². The molecule has 2 fully saturated rings. The summed E-state index contributed by atoms with van der Waals surface area (Å²) in [7, 11) is 1.93. The number of carbonyl (C=O) groups excluding carboxylic acids is 2. The van der Waals surface area contributed by atoms with Gasteiger partial charge in [-0.2, -0.15) is 0 Å². The van der Waals surface area contributed by atoms with Gasteiger partial charge in [0.05, 0.1) is 47.9 Å². The highest BCUT2D eigenvalue weighted by atomic mass is 16.5. The third kappa shape index (κ3) is 3.62. The van der Waals surface area contributed by atoms with E-state index in [0.717, 1.165) is 23.9 Å². The van der Waals surface area contributed by atoms with Crippen LogP contribution in [0.2, 0.25) is 0 Å². The summed E-state index contributed by atoms with van der Waals surface area (Å²) in [6.07, 6.45) is 5.04. The smallest absolute Gasteiger partial charge is 0.257 e. The van der Waals surface area contributed by atoms with E-state index in [9.17, 15) is 9.59 Å².